The summed E-state index contributed by atoms with van der Waals surface area (Å²) in [6, 6.07) is 19.0. The molecule has 9 nitrogen and oxygen atoms in total. The van der Waals surface area contributed by atoms with Gasteiger partial charge >= 0.3 is 6.09 Å². The first-order chi connectivity index (χ1) is 17.5. The molecular weight excluding hydrogens is 460 g/mol. The monoisotopic (exact) mass is 490 g/mol. The van der Waals surface area contributed by atoms with E-state index in [-0.39, 0.29) is 30.1 Å². The number of nitrogens with zero attached hydrogens (tertiary/aromatic N) is 1. The van der Waals surface area contributed by atoms with Crippen molar-refractivity contribution in [2.24, 2.45) is 11.7 Å². The Labute approximate surface area is 209 Å². The lowest BCUT2D eigenvalue weighted by molar-refractivity contribution is -0.119. The predicted molar refractivity (Wildman–Crippen MR) is 134 cm³/mol. The van der Waals surface area contributed by atoms with Gasteiger partial charge in [0.05, 0.1) is 6.26 Å². The number of carbonyl (C=O) groups is 3. The summed E-state index contributed by atoms with van der Waals surface area (Å²) in [5.74, 6) is -0.442. The second-order valence-corrected chi connectivity index (χ2v) is 8.68. The molecule has 1 aliphatic heterocycles. The van der Waals surface area contributed by atoms with Crippen molar-refractivity contribution in [3.63, 3.8) is 0 Å². The van der Waals surface area contributed by atoms with E-state index in [0.717, 1.165) is 11.1 Å². The molecule has 2 aromatic carbocycles. The zero-order valence-electron chi connectivity index (χ0n) is 19.9. The van der Waals surface area contributed by atoms with Crippen molar-refractivity contribution in [3.8, 4) is 0 Å². The Morgan fingerprint density at radius 3 is 2.44 bits per heavy atom. The molecule has 1 aromatic heterocycles. The summed E-state index contributed by atoms with van der Waals surface area (Å²) in [6.07, 6.45) is 1.85. The minimum absolute atomic E-state index is 0.0929. The molecule has 0 bridgehead atoms. The second kappa shape index (κ2) is 12.0. The highest BCUT2D eigenvalue weighted by Crippen LogP contribution is 2.24. The summed E-state index contributed by atoms with van der Waals surface area (Å²) in [6.45, 7) is 1.32. The van der Waals surface area contributed by atoms with Crippen LogP contribution in [-0.2, 0) is 22.7 Å². The van der Waals surface area contributed by atoms with Crippen LogP contribution in [0.5, 0.6) is 0 Å². The molecule has 0 spiro atoms. The lowest BCUT2D eigenvalue weighted by Gasteiger charge is -2.35. The van der Waals surface area contributed by atoms with Gasteiger partial charge in [-0.1, -0.05) is 42.5 Å². The van der Waals surface area contributed by atoms with Gasteiger partial charge in [0.2, 0.25) is 5.91 Å². The third-order valence-corrected chi connectivity index (χ3v) is 6.23. The Kier molecular flexibility index (Phi) is 8.36. The average molecular weight is 491 g/mol. The number of amides is 3. The van der Waals surface area contributed by atoms with E-state index in [2.05, 4.69) is 10.6 Å². The zero-order valence-corrected chi connectivity index (χ0v) is 19.9. The standard InChI is InChI=1S/C27H30N4O5/c28-17-20-8-4-9-22(16-20)29-25(32)24(30-27(34)36-18-19-6-2-1-3-7-19)21-11-13-31(14-12-21)26(33)23-10-5-15-35-23/h1-10,15-16,21,24H,11-14,17-18,28H2,(H,29,32)(H,30,34)/t24-/m1/s1. The molecule has 3 aromatic rings. The van der Waals surface area contributed by atoms with Gasteiger partial charge < -0.3 is 30.4 Å². The van der Waals surface area contributed by atoms with Crippen molar-refractivity contribution in [2.45, 2.75) is 32.0 Å². The van der Waals surface area contributed by atoms with Crippen molar-refractivity contribution >= 4 is 23.6 Å². The summed E-state index contributed by atoms with van der Waals surface area (Å²) in [7, 11) is 0. The summed E-state index contributed by atoms with van der Waals surface area (Å²) in [5.41, 5.74) is 8.04. The van der Waals surface area contributed by atoms with E-state index in [9.17, 15) is 14.4 Å². The maximum atomic E-state index is 13.3. The summed E-state index contributed by atoms with van der Waals surface area (Å²) < 4.78 is 10.6. The molecule has 2 heterocycles. The number of piperidine rings is 1. The first-order valence-corrected chi connectivity index (χ1v) is 11.9. The normalized spacial score (nSPS) is 14.6. The highest BCUT2D eigenvalue weighted by molar-refractivity contribution is 5.97. The molecule has 0 unspecified atom stereocenters. The Morgan fingerprint density at radius 1 is 1.00 bits per heavy atom. The molecular formula is C27H30N4O5. The minimum Gasteiger partial charge on any atom is -0.459 e. The van der Waals surface area contributed by atoms with Crippen LogP contribution in [0.3, 0.4) is 0 Å². The van der Waals surface area contributed by atoms with Crippen LogP contribution < -0.4 is 16.4 Å². The topological polar surface area (TPSA) is 127 Å². The number of carbonyl (C=O) groups excluding carboxylic acids is 3. The Hall–Kier alpha value is -4.11. The first kappa shape index (κ1) is 25.0. The maximum absolute atomic E-state index is 13.3. The highest BCUT2D eigenvalue weighted by Gasteiger charge is 2.35. The molecule has 1 fully saturated rings. The van der Waals surface area contributed by atoms with Crippen LogP contribution in [0.4, 0.5) is 10.5 Å². The molecule has 1 aliphatic rings. The smallest absolute Gasteiger partial charge is 0.408 e. The lowest BCUT2D eigenvalue weighted by atomic mass is 9.88. The third-order valence-electron chi connectivity index (χ3n) is 6.23. The molecule has 9 heteroatoms. The van der Waals surface area contributed by atoms with E-state index < -0.39 is 12.1 Å². The lowest BCUT2D eigenvalue weighted by Crippen LogP contribution is -2.52. The van der Waals surface area contributed by atoms with Crippen LogP contribution in [-0.4, -0.2) is 41.9 Å². The molecule has 3 amide bonds. The number of anilines is 1. The number of ether oxygens (including phenoxy) is 1. The minimum atomic E-state index is -0.837. The van der Waals surface area contributed by atoms with Gasteiger partial charge in [-0.05, 0) is 54.2 Å². The largest absolute Gasteiger partial charge is 0.459 e. The summed E-state index contributed by atoms with van der Waals surface area (Å²) in [4.78, 5) is 40.3. The molecule has 0 aliphatic carbocycles. The molecule has 0 radical (unpaired) electrons. The van der Waals surface area contributed by atoms with Gasteiger partial charge in [0, 0.05) is 25.3 Å². The number of alkyl carbamates (subject to hydrolysis) is 1. The van der Waals surface area contributed by atoms with Crippen molar-refractivity contribution in [3.05, 3.63) is 89.9 Å². The number of hydrogen-bond acceptors (Lipinski definition) is 6. The van der Waals surface area contributed by atoms with Gasteiger partial charge in [-0.3, -0.25) is 9.59 Å². The van der Waals surface area contributed by atoms with Crippen molar-refractivity contribution < 1.29 is 23.5 Å². The van der Waals surface area contributed by atoms with Crippen LogP contribution in [0.1, 0.15) is 34.5 Å². The van der Waals surface area contributed by atoms with Gasteiger partial charge in [-0.25, -0.2) is 4.79 Å². The summed E-state index contributed by atoms with van der Waals surface area (Å²) in [5, 5.41) is 5.65. The van der Waals surface area contributed by atoms with Crippen molar-refractivity contribution in [2.75, 3.05) is 18.4 Å². The van der Waals surface area contributed by atoms with Gasteiger partial charge in [0.1, 0.15) is 12.6 Å². The van der Waals surface area contributed by atoms with Crippen LogP contribution in [0, 0.1) is 5.92 Å². The van der Waals surface area contributed by atoms with Crippen molar-refractivity contribution in [1.82, 2.24) is 10.2 Å². The predicted octanol–water partition coefficient (Wildman–Crippen LogP) is 3.52. The first-order valence-electron chi connectivity index (χ1n) is 11.9. The SMILES string of the molecule is NCc1cccc(NC(=O)[C@H](NC(=O)OCc2ccccc2)C2CCN(C(=O)c3ccco3)CC2)c1. The molecule has 0 saturated carbocycles. The van der Waals surface area contributed by atoms with Crippen LogP contribution in [0.2, 0.25) is 0 Å². The van der Waals surface area contributed by atoms with Crippen molar-refractivity contribution in [1.29, 1.82) is 0 Å². The van der Waals surface area contributed by atoms with E-state index in [1.807, 2.05) is 42.5 Å². The fraction of sp³-hybridized carbons (Fsp3) is 0.296. The molecule has 188 valence electrons. The molecule has 1 saturated heterocycles. The number of nitrogens with two attached hydrogens (primary N) is 1. The number of hydrogen-bond donors (Lipinski definition) is 3. The Balaban J connectivity index is 1.42. The van der Waals surface area contributed by atoms with Crippen LogP contribution >= 0.6 is 0 Å². The maximum Gasteiger partial charge on any atom is 0.408 e. The number of furan rings is 1. The van der Waals surface area contributed by atoms with E-state index in [1.165, 1.54) is 6.26 Å². The van der Waals surface area contributed by atoms with Crippen LogP contribution in [0.15, 0.2) is 77.4 Å². The molecule has 36 heavy (non-hydrogen) atoms. The van der Waals surface area contributed by atoms with E-state index in [0.29, 0.717) is 38.2 Å². The van der Waals surface area contributed by atoms with E-state index in [4.69, 9.17) is 14.9 Å². The molecule has 4 rings (SSSR count). The van der Waals surface area contributed by atoms with E-state index in [1.54, 1.807) is 29.2 Å². The molecule has 1 atom stereocenters. The van der Waals surface area contributed by atoms with Gasteiger partial charge in [0.15, 0.2) is 5.76 Å². The number of nitrogens with one attached hydrogen (secondary N) is 2. The average Bonchev–Trinajstić information content (AvgIpc) is 3.46. The number of likely N-dealkylation sites (tertiary alicyclic amines) is 1. The fourth-order valence-electron chi connectivity index (χ4n) is 4.28. The second-order valence-electron chi connectivity index (χ2n) is 8.68. The van der Waals surface area contributed by atoms with Gasteiger partial charge in [0.25, 0.3) is 5.91 Å². The Bertz CT molecular complexity index is 1160. The molecule has 4 N–H and O–H groups in total. The van der Waals surface area contributed by atoms with Gasteiger partial charge in [-0.15, -0.1) is 0 Å². The number of benzene rings is 2. The highest BCUT2D eigenvalue weighted by atomic mass is 16.5. The zero-order chi connectivity index (χ0) is 25.3. The Morgan fingerprint density at radius 2 is 1.75 bits per heavy atom. The fourth-order valence-corrected chi connectivity index (χ4v) is 4.28. The number of rotatable bonds is 8. The van der Waals surface area contributed by atoms with Crippen LogP contribution in [0.25, 0.3) is 0 Å². The third kappa shape index (κ3) is 6.51. The van der Waals surface area contributed by atoms with E-state index >= 15 is 0 Å². The quantitative estimate of drug-likeness (QED) is 0.443. The van der Waals surface area contributed by atoms with Gasteiger partial charge in [-0.2, -0.15) is 0 Å². The summed E-state index contributed by atoms with van der Waals surface area (Å²) >= 11 is 0.